The molecule has 0 radical (unpaired) electrons. The van der Waals surface area contributed by atoms with Crippen LogP contribution in [0, 0.1) is 18.6 Å². The maximum Gasteiger partial charge on any atom is 0.338 e. The molecule has 0 atom stereocenters. The minimum absolute atomic E-state index is 0.0285. The van der Waals surface area contributed by atoms with Crippen molar-refractivity contribution >= 4 is 11.9 Å². The van der Waals surface area contributed by atoms with E-state index in [9.17, 15) is 18.4 Å². The van der Waals surface area contributed by atoms with Gasteiger partial charge in [0.25, 0.3) is 5.91 Å². The van der Waals surface area contributed by atoms with Crippen LogP contribution in [0.25, 0.3) is 0 Å². The molecule has 0 heterocycles. The molecule has 2 rings (SSSR count). The van der Waals surface area contributed by atoms with Gasteiger partial charge in [0.05, 0.1) is 12.7 Å². The summed E-state index contributed by atoms with van der Waals surface area (Å²) in [6.45, 7) is 1.21. The fraction of sp³-hybridized carbons (Fsp3) is 0.263. The van der Waals surface area contributed by atoms with E-state index in [0.29, 0.717) is 11.1 Å². The molecule has 0 aliphatic heterocycles. The Morgan fingerprint density at radius 2 is 1.81 bits per heavy atom. The van der Waals surface area contributed by atoms with E-state index >= 15 is 0 Å². The molecular formula is C19H19F2NO4. The zero-order chi connectivity index (χ0) is 19.3. The first-order valence-electron chi connectivity index (χ1n) is 7.81. The molecule has 2 aromatic carbocycles. The van der Waals surface area contributed by atoms with Gasteiger partial charge in [-0.2, -0.15) is 0 Å². The van der Waals surface area contributed by atoms with Gasteiger partial charge in [0.1, 0.15) is 5.82 Å². The largest absolute Gasteiger partial charge is 0.494 e. The van der Waals surface area contributed by atoms with E-state index in [-0.39, 0.29) is 17.9 Å². The fourth-order valence-corrected chi connectivity index (χ4v) is 2.21. The highest BCUT2D eigenvalue weighted by Crippen LogP contribution is 2.18. The van der Waals surface area contributed by atoms with E-state index < -0.39 is 30.1 Å². The quantitative estimate of drug-likeness (QED) is 0.740. The van der Waals surface area contributed by atoms with E-state index in [1.807, 2.05) is 0 Å². The van der Waals surface area contributed by atoms with Crippen molar-refractivity contribution in [3.8, 4) is 5.75 Å². The Morgan fingerprint density at radius 1 is 1.08 bits per heavy atom. The van der Waals surface area contributed by atoms with Crippen molar-refractivity contribution < 1.29 is 27.8 Å². The monoisotopic (exact) mass is 363 g/mol. The molecule has 2 aromatic rings. The zero-order valence-electron chi connectivity index (χ0n) is 14.7. The number of likely N-dealkylation sites (N-methyl/N-ethyl adjacent to an activating group) is 1. The average Bonchev–Trinajstić information content (AvgIpc) is 2.61. The van der Waals surface area contributed by atoms with E-state index in [1.165, 1.54) is 43.3 Å². The van der Waals surface area contributed by atoms with Gasteiger partial charge in [0, 0.05) is 13.6 Å². The summed E-state index contributed by atoms with van der Waals surface area (Å²) in [4.78, 5) is 25.2. The molecule has 0 unspecified atom stereocenters. The van der Waals surface area contributed by atoms with E-state index in [4.69, 9.17) is 9.47 Å². The predicted octanol–water partition coefficient (Wildman–Crippen LogP) is 3.10. The SMILES string of the molecule is COc1ccc(CN(C)C(=O)COC(=O)c2ccc(C)c(F)c2)cc1F. The molecule has 1 amide bonds. The second-order valence-electron chi connectivity index (χ2n) is 5.76. The molecule has 7 heteroatoms. The third kappa shape index (κ3) is 4.78. The summed E-state index contributed by atoms with van der Waals surface area (Å²) in [6.07, 6.45) is 0. The second-order valence-corrected chi connectivity index (χ2v) is 5.76. The lowest BCUT2D eigenvalue weighted by molar-refractivity contribution is -0.133. The summed E-state index contributed by atoms with van der Waals surface area (Å²) < 4.78 is 36.9. The van der Waals surface area contributed by atoms with E-state index in [0.717, 1.165) is 6.07 Å². The summed E-state index contributed by atoms with van der Waals surface area (Å²) in [7, 11) is 2.87. The summed E-state index contributed by atoms with van der Waals surface area (Å²) in [5, 5.41) is 0. The number of rotatable bonds is 6. The number of esters is 1. The third-order valence-electron chi connectivity index (χ3n) is 3.80. The van der Waals surface area contributed by atoms with E-state index in [1.54, 1.807) is 13.0 Å². The maximum absolute atomic E-state index is 13.7. The lowest BCUT2D eigenvalue weighted by Crippen LogP contribution is -2.30. The molecular weight excluding hydrogens is 344 g/mol. The number of methoxy groups -OCH3 is 1. The lowest BCUT2D eigenvalue weighted by atomic mass is 10.1. The van der Waals surface area contributed by atoms with Gasteiger partial charge in [-0.15, -0.1) is 0 Å². The van der Waals surface area contributed by atoms with Crippen LogP contribution >= 0.6 is 0 Å². The van der Waals surface area contributed by atoms with Crippen molar-refractivity contribution in [2.24, 2.45) is 0 Å². The Kier molecular flexibility index (Phi) is 6.27. The Labute approximate surface area is 150 Å². The molecule has 138 valence electrons. The molecule has 0 aromatic heterocycles. The van der Waals surface area contributed by atoms with Crippen LogP contribution in [0.5, 0.6) is 5.75 Å². The van der Waals surface area contributed by atoms with Crippen molar-refractivity contribution in [3.05, 3.63) is 64.7 Å². The van der Waals surface area contributed by atoms with Crippen molar-refractivity contribution in [1.29, 1.82) is 0 Å². The van der Waals surface area contributed by atoms with Crippen LogP contribution in [0.1, 0.15) is 21.5 Å². The van der Waals surface area contributed by atoms with Gasteiger partial charge < -0.3 is 14.4 Å². The number of carbonyl (C=O) groups is 2. The van der Waals surface area contributed by atoms with Gasteiger partial charge in [-0.25, -0.2) is 13.6 Å². The van der Waals surface area contributed by atoms with Crippen LogP contribution in [0.2, 0.25) is 0 Å². The minimum Gasteiger partial charge on any atom is -0.494 e. The summed E-state index contributed by atoms with van der Waals surface area (Å²) in [5.41, 5.74) is 0.996. The molecule has 0 spiro atoms. The fourth-order valence-electron chi connectivity index (χ4n) is 2.21. The van der Waals surface area contributed by atoms with Crippen molar-refractivity contribution in [2.45, 2.75) is 13.5 Å². The van der Waals surface area contributed by atoms with Gasteiger partial charge in [-0.05, 0) is 42.3 Å². The maximum atomic E-state index is 13.7. The molecule has 0 N–H and O–H groups in total. The Morgan fingerprint density at radius 3 is 2.42 bits per heavy atom. The van der Waals surface area contributed by atoms with Crippen molar-refractivity contribution in [3.63, 3.8) is 0 Å². The van der Waals surface area contributed by atoms with Crippen LogP contribution in [-0.4, -0.2) is 37.5 Å². The molecule has 0 aliphatic rings. The summed E-state index contributed by atoms with van der Waals surface area (Å²) >= 11 is 0. The number of ether oxygens (including phenoxy) is 2. The highest BCUT2D eigenvalue weighted by atomic mass is 19.1. The van der Waals surface area contributed by atoms with E-state index in [2.05, 4.69) is 0 Å². The first kappa shape index (κ1) is 19.4. The van der Waals surface area contributed by atoms with Crippen molar-refractivity contribution in [1.82, 2.24) is 4.90 Å². The number of halogens is 2. The number of carbonyl (C=O) groups excluding carboxylic acids is 2. The molecule has 5 nitrogen and oxygen atoms in total. The number of amides is 1. The highest BCUT2D eigenvalue weighted by Gasteiger charge is 2.15. The van der Waals surface area contributed by atoms with Gasteiger partial charge in [0.2, 0.25) is 0 Å². The lowest BCUT2D eigenvalue weighted by Gasteiger charge is -2.17. The van der Waals surface area contributed by atoms with Gasteiger partial charge >= 0.3 is 5.97 Å². The van der Waals surface area contributed by atoms with Gasteiger partial charge in [-0.1, -0.05) is 12.1 Å². The third-order valence-corrected chi connectivity index (χ3v) is 3.80. The molecule has 0 bridgehead atoms. The van der Waals surface area contributed by atoms with Gasteiger partial charge in [0.15, 0.2) is 18.2 Å². The molecule has 0 aliphatic carbocycles. The average molecular weight is 363 g/mol. The summed E-state index contributed by atoms with van der Waals surface area (Å²) in [6, 6.07) is 8.31. The first-order valence-corrected chi connectivity index (χ1v) is 7.81. The topological polar surface area (TPSA) is 55.8 Å². The number of hydrogen-bond acceptors (Lipinski definition) is 4. The molecule has 0 saturated carbocycles. The Hall–Kier alpha value is -2.96. The smallest absolute Gasteiger partial charge is 0.338 e. The highest BCUT2D eigenvalue weighted by molar-refractivity contribution is 5.91. The predicted molar refractivity (Wildman–Crippen MR) is 90.8 cm³/mol. The van der Waals surface area contributed by atoms with Crippen LogP contribution in [-0.2, 0) is 16.1 Å². The normalized spacial score (nSPS) is 10.3. The van der Waals surface area contributed by atoms with Crippen LogP contribution in [0.3, 0.4) is 0 Å². The van der Waals surface area contributed by atoms with Crippen LogP contribution in [0.4, 0.5) is 8.78 Å². The molecule has 0 fully saturated rings. The first-order chi connectivity index (χ1) is 12.3. The number of nitrogens with zero attached hydrogens (tertiary/aromatic N) is 1. The van der Waals surface area contributed by atoms with Crippen LogP contribution < -0.4 is 4.74 Å². The van der Waals surface area contributed by atoms with Gasteiger partial charge in [-0.3, -0.25) is 4.79 Å². The Bertz CT molecular complexity index is 823. The Balaban J connectivity index is 1.91. The zero-order valence-corrected chi connectivity index (χ0v) is 14.7. The number of benzene rings is 2. The minimum atomic E-state index is -0.791. The standard InChI is InChI=1S/C19H19F2NO4/c1-12-4-6-14(9-15(12)20)19(24)26-11-18(23)22(2)10-13-5-7-17(25-3)16(21)8-13/h4-9H,10-11H2,1-3H3. The molecule has 26 heavy (non-hydrogen) atoms. The summed E-state index contributed by atoms with van der Waals surface area (Å²) in [5.74, 6) is -2.20. The number of aryl methyl sites for hydroxylation is 1. The van der Waals surface area contributed by atoms with Crippen LogP contribution in [0.15, 0.2) is 36.4 Å². The number of hydrogen-bond donors (Lipinski definition) is 0. The van der Waals surface area contributed by atoms with Crippen molar-refractivity contribution in [2.75, 3.05) is 20.8 Å². The molecule has 0 saturated heterocycles. The second kappa shape index (κ2) is 8.42.